The number of carbonyl (C=O) groups is 2. The zero-order valence-electron chi connectivity index (χ0n) is 14.8. The molecule has 2 unspecified atom stereocenters. The lowest BCUT2D eigenvalue weighted by molar-refractivity contribution is -0.120. The number of carbonyl (C=O) groups excluding carboxylic acids is 2. The Balaban J connectivity index is 0.00000225. The van der Waals surface area contributed by atoms with Crippen LogP contribution in [0.3, 0.4) is 0 Å². The van der Waals surface area contributed by atoms with Crippen molar-refractivity contribution in [3.63, 3.8) is 0 Å². The Kier molecular flexibility index (Phi) is 7.26. The zero-order chi connectivity index (χ0) is 16.9. The Hall–Kier alpha value is -1.59. The first-order valence-corrected chi connectivity index (χ1v) is 9.08. The lowest BCUT2D eigenvalue weighted by Crippen LogP contribution is -2.42. The molecule has 25 heavy (non-hydrogen) atoms. The minimum Gasteiger partial charge on any atom is -0.336 e. The van der Waals surface area contributed by atoms with Gasteiger partial charge in [0.15, 0.2) is 0 Å². The van der Waals surface area contributed by atoms with E-state index in [-0.39, 0.29) is 30.1 Å². The van der Waals surface area contributed by atoms with E-state index in [0.717, 1.165) is 51.0 Å². The van der Waals surface area contributed by atoms with Crippen LogP contribution in [0.2, 0.25) is 0 Å². The maximum Gasteiger partial charge on any atom is 0.254 e. The number of rotatable bonds is 3. The topological polar surface area (TPSA) is 61.4 Å². The van der Waals surface area contributed by atoms with Gasteiger partial charge in [-0.1, -0.05) is 0 Å². The molecular formula is C19H28ClN3O2. The molecule has 2 aliphatic heterocycles. The van der Waals surface area contributed by atoms with Gasteiger partial charge in [-0.05, 0) is 69.8 Å². The third-order valence-corrected chi connectivity index (χ3v) is 5.13. The second-order valence-corrected chi connectivity index (χ2v) is 6.95. The molecule has 1 aromatic rings. The molecule has 138 valence electrons. The first-order chi connectivity index (χ1) is 11.6. The molecule has 2 heterocycles. The third kappa shape index (κ3) is 4.95. The monoisotopic (exact) mass is 365 g/mol. The summed E-state index contributed by atoms with van der Waals surface area (Å²) in [6, 6.07) is 7.60. The van der Waals surface area contributed by atoms with E-state index < -0.39 is 0 Å². The highest BCUT2D eigenvalue weighted by Gasteiger charge is 2.24. The van der Waals surface area contributed by atoms with Gasteiger partial charge >= 0.3 is 0 Å². The molecule has 0 aromatic heterocycles. The van der Waals surface area contributed by atoms with Crippen molar-refractivity contribution in [2.45, 2.75) is 45.1 Å². The predicted molar refractivity (Wildman–Crippen MR) is 102 cm³/mol. The highest BCUT2D eigenvalue weighted by atomic mass is 35.5. The number of nitrogens with one attached hydrogen (secondary N) is 2. The number of anilines is 1. The summed E-state index contributed by atoms with van der Waals surface area (Å²) in [6.07, 6.45) is 5.34. The van der Waals surface area contributed by atoms with Crippen LogP contribution in [0.1, 0.15) is 49.4 Å². The number of benzene rings is 1. The van der Waals surface area contributed by atoms with E-state index in [1.165, 1.54) is 6.42 Å². The smallest absolute Gasteiger partial charge is 0.254 e. The molecule has 0 saturated carbocycles. The average molecular weight is 366 g/mol. The van der Waals surface area contributed by atoms with Crippen LogP contribution in [-0.2, 0) is 4.79 Å². The Labute approximate surface area is 155 Å². The lowest BCUT2D eigenvalue weighted by Gasteiger charge is -2.33. The van der Waals surface area contributed by atoms with Crippen molar-refractivity contribution in [2.75, 3.05) is 25.0 Å². The number of hydrogen-bond acceptors (Lipinski definition) is 3. The summed E-state index contributed by atoms with van der Waals surface area (Å²) in [5, 5.41) is 6.22. The minimum absolute atomic E-state index is 0. The molecule has 0 spiro atoms. The SMILES string of the molecule is CC1CCCCN1C(=O)c1ccc(NC(=O)C2CCCNC2)cc1.Cl. The summed E-state index contributed by atoms with van der Waals surface area (Å²) < 4.78 is 0. The molecule has 1 aromatic carbocycles. The molecule has 2 amide bonds. The van der Waals surface area contributed by atoms with E-state index in [1.807, 2.05) is 29.2 Å². The van der Waals surface area contributed by atoms with Crippen molar-refractivity contribution in [2.24, 2.45) is 5.92 Å². The average Bonchev–Trinajstić information content (AvgIpc) is 2.63. The zero-order valence-corrected chi connectivity index (χ0v) is 15.6. The van der Waals surface area contributed by atoms with Crippen molar-refractivity contribution >= 4 is 29.9 Å². The molecule has 2 N–H and O–H groups in total. The van der Waals surface area contributed by atoms with E-state index in [4.69, 9.17) is 0 Å². The summed E-state index contributed by atoms with van der Waals surface area (Å²) in [6.45, 7) is 4.70. The fourth-order valence-electron chi connectivity index (χ4n) is 3.58. The van der Waals surface area contributed by atoms with Crippen LogP contribution in [0.4, 0.5) is 5.69 Å². The molecule has 2 atom stereocenters. The second kappa shape index (κ2) is 9.20. The molecule has 5 nitrogen and oxygen atoms in total. The number of piperidine rings is 2. The van der Waals surface area contributed by atoms with Gasteiger partial charge < -0.3 is 15.5 Å². The van der Waals surface area contributed by atoms with Gasteiger partial charge in [-0.25, -0.2) is 0 Å². The first-order valence-electron chi connectivity index (χ1n) is 9.08. The maximum absolute atomic E-state index is 12.6. The molecule has 0 radical (unpaired) electrons. The lowest BCUT2D eigenvalue weighted by atomic mass is 9.98. The first kappa shape index (κ1) is 19.7. The van der Waals surface area contributed by atoms with Crippen LogP contribution in [0, 0.1) is 5.92 Å². The molecule has 3 rings (SSSR count). The Morgan fingerprint density at radius 3 is 2.52 bits per heavy atom. The number of nitrogens with zero attached hydrogens (tertiary/aromatic N) is 1. The Morgan fingerprint density at radius 1 is 1.12 bits per heavy atom. The van der Waals surface area contributed by atoms with Gasteiger partial charge in [-0.3, -0.25) is 9.59 Å². The number of halogens is 1. The van der Waals surface area contributed by atoms with Gasteiger partial charge in [0, 0.05) is 30.4 Å². The molecular weight excluding hydrogens is 338 g/mol. The van der Waals surface area contributed by atoms with Crippen LogP contribution >= 0.6 is 12.4 Å². The fraction of sp³-hybridized carbons (Fsp3) is 0.579. The van der Waals surface area contributed by atoms with Gasteiger partial charge in [0.1, 0.15) is 0 Å². The number of likely N-dealkylation sites (tertiary alicyclic amines) is 1. The van der Waals surface area contributed by atoms with Gasteiger partial charge in [0.05, 0.1) is 5.92 Å². The maximum atomic E-state index is 12.6. The van der Waals surface area contributed by atoms with Gasteiger partial charge in [-0.2, -0.15) is 0 Å². The predicted octanol–water partition coefficient (Wildman–Crippen LogP) is 3.06. The molecule has 2 saturated heterocycles. The number of amides is 2. The fourth-order valence-corrected chi connectivity index (χ4v) is 3.58. The standard InChI is InChI=1S/C19H27N3O2.ClH/c1-14-5-2-3-12-22(14)19(24)15-7-9-17(10-8-15)21-18(23)16-6-4-11-20-13-16;/h7-10,14,16,20H,2-6,11-13H2,1H3,(H,21,23);1H. The highest BCUT2D eigenvalue weighted by Crippen LogP contribution is 2.20. The van der Waals surface area contributed by atoms with Crippen LogP contribution in [0.15, 0.2) is 24.3 Å². The Bertz CT molecular complexity index is 585. The minimum atomic E-state index is 0. The summed E-state index contributed by atoms with van der Waals surface area (Å²) >= 11 is 0. The Morgan fingerprint density at radius 2 is 1.88 bits per heavy atom. The van der Waals surface area contributed by atoms with E-state index in [2.05, 4.69) is 17.6 Å². The van der Waals surface area contributed by atoms with E-state index in [0.29, 0.717) is 11.6 Å². The summed E-state index contributed by atoms with van der Waals surface area (Å²) in [4.78, 5) is 26.8. The number of hydrogen-bond donors (Lipinski definition) is 2. The highest BCUT2D eigenvalue weighted by molar-refractivity contribution is 5.96. The molecule has 6 heteroatoms. The van der Waals surface area contributed by atoms with E-state index in [9.17, 15) is 9.59 Å². The quantitative estimate of drug-likeness (QED) is 0.865. The van der Waals surface area contributed by atoms with Gasteiger partial charge in [0.25, 0.3) is 5.91 Å². The van der Waals surface area contributed by atoms with Crippen LogP contribution in [0.5, 0.6) is 0 Å². The molecule has 0 bridgehead atoms. The van der Waals surface area contributed by atoms with Gasteiger partial charge in [-0.15, -0.1) is 12.4 Å². The van der Waals surface area contributed by atoms with Crippen molar-refractivity contribution in [1.29, 1.82) is 0 Å². The molecule has 2 aliphatic rings. The third-order valence-electron chi connectivity index (χ3n) is 5.13. The largest absolute Gasteiger partial charge is 0.336 e. The van der Waals surface area contributed by atoms with Crippen molar-refractivity contribution in [3.05, 3.63) is 29.8 Å². The second-order valence-electron chi connectivity index (χ2n) is 6.95. The van der Waals surface area contributed by atoms with Gasteiger partial charge in [0.2, 0.25) is 5.91 Å². The van der Waals surface area contributed by atoms with Crippen molar-refractivity contribution in [3.8, 4) is 0 Å². The summed E-state index contributed by atoms with van der Waals surface area (Å²) in [5.41, 5.74) is 1.45. The van der Waals surface area contributed by atoms with Crippen molar-refractivity contribution in [1.82, 2.24) is 10.2 Å². The van der Waals surface area contributed by atoms with Crippen molar-refractivity contribution < 1.29 is 9.59 Å². The summed E-state index contributed by atoms with van der Waals surface area (Å²) in [7, 11) is 0. The van der Waals surface area contributed by atoms with E-state index >= 15 is 0 Å². The van der Waals surface area contributed by atoms with E-state index in [1.54, 1.807) is 0 Å². The van der Waals surface area contributed by atoms with Crippen LogP contribution in [0.25, 0.3) is 0 Å². The normalized spacial score (nSPS) is 23.5. The van der Waals surface area contributed by atoms with Crippen LogP contribution in [-0.4, -0.2) is 42.4 Å². The molecule has 0 aliphatic carbocycles. The van der Waals surface area contributed by atoms with Crippen LogP contribution < -0.4 is 10.6 Å². The molecule has 2 fully saturated rings. The summed E-state index contributed by atoms with van der Waals surface area (Å²) in [5.74, 6) is 0.191.